The Morgan fingerprint density at radius 1 is 1.03 bits per heavy atom. The van der Waals surface area contributed by atoms with Crippen molar-refractivity contribution in [2.45, 2.75) is 19.9 Å². The van der Waals surface area contributed by atoms with Gasteiger partial charge in [-0.3, -0.25) is 4.79 Å². The molecular weight excluding hydrogens is 507 g/mol. The molecule has 0 spiro atoms. The molecule has 0 aromatic heterocycles. The van der Waals surface area contributed by atoms with Gasteiger partial charge < -0.3 is 25.4 Å². The van der Waals surface area contributed by atoms with E-state index in [2.05, 4.69) is 20.9 Å². The van der Waals surface area contributed by atoms with Crippen molar-refractivity contribution >= 4 is 35.8 Å². The van der Waals surface area contributed by atoms with Crippen molar-refractivity contribution < 1.29 is 14.3 Å². The SMILES string of the molecule is CCNC(=NCc1ccc(OCCOC)cc1)NCCc1cccc(C(=O)NC)c1.I. The highest BCUT2D eigenvalue weighted by atomic mass is 127. The number of benzene rings is 2. The minimum Gasteiger partial charge on any atom is -0.491 e. The van der Waals surface area contributed by atoms with E-state index >= 15 is 0 Å². The third-order valence-corrected chi connectivity index (χ3v) is 4.37. The third kappa shape index (κ3) is 10.0. The van der Waals surface area contributed by atoms with Crippen molar-refractivity contribution in [3.63, 3.8) is 0 Å². The lowest BCUT2D eigenvalue weighted by atomic mass is 10.1. The van der Waals surface area contributed by atoms with Crippen LogP contribution in [0.25, 0.3) is 0 Å². The first-order chi connectivity index (χ1) is 14.7. The van der Waals surface area contributed by atoms with E-state index in [4.69, 9.17) is 9.47 Å². The monoisotopic (exact) mass is 540 g/mol. The lowest BCUT2D eigenvalue weighted by molar-refractivity contribution is 0.0963. The zero-order valence-corrected chi connectivity index (χ0v) is 20.8. The van der Waals surface area contributed by atoms with E-state index in [0.29, 0.717) is 25.3 Å². The molecule has 170 valence electrons. The molecule has 0 fully saturated rings. The van der Waals surface area contributed by atoms with Gasteiger partial charge in [-0.2, -0.15) is 0 Å². The number of hydrogen-bond acceptors (Lipinski definition) is 4. The molecule has 0 atom stereocenters. The Balaban J connectivity index is 0.00000480. The predicted molar refractivity (Wildman–Crippen MR) is 136 cm³/mol. The van der Waals surface area contributed by atoms with Crippen molar-refractivity contribution in [1.29, 1.82) is 0 Å². The van der Waals surface area contributed by atoms with Crippen LogP contribution in [0, 0.1) is 0 Å². The second-order valence-corrected chi connectivity index (χ2v) is 6.64. The summed E-state index contributed by atoms with van der Waals surface area (Å²) in [7, 11) is 3.29. The van der Waals surface area contributed by atoms with Crippen molar-refractivity contribution in [3.05, 3.63) is 65.2 Å². The minimum absolute atomic E-state index is 0. The standard InChI is InChI=1S/C23H32N4O3.HI/c1-4-25-23(26-13-12-18-6-5-7-20(16-18)22(28)24-2)27-17-19-8-10-21(11-9-19)30-15-14-29-3;/h5-11,16H,4,12-15,17H2,1-3H3,(H,24,28)(H2,25,26,27);1H. The normalized spacial score (nSPS) is 10.7. The van der Waals surface area contributed by atoms with Gasteiger partial charge in [-0.25, -0.2) is 4.99 Å². The maximum absolute atomic E-state index is 11.8. The number of rotatable bonds is 11. The molecule has 7 nitrogen and oxygen atoms in total. The molecule has 3 N–H and O–H groups in total. The Labute approximate surface area is 202 Å². The molecule has 0 unspecified atom stereocenters. The summed E-state index contributed by atoms with van der Waals surface area (Å²) >= 11 is 0. The van der Waals surface area contributed by atoms with Crippen molar-refractivity contribution in [3.8, 4) is 5.75 Å². The van der Waals surface area contributed by atoms with Gasteiger partial charge in [0, 0.05) is 32.8 Å². The van der Waals surface area contributed by atoms with Crippen LogP contribution < -0.4 is 20.7 Å². The van der Waals surface area contributed by atoms with Gasteiger partial charge in [0.25, 0.3) is 5.91 Å². The molecule has 2 aromatic rings. The Hall–Kier alpha value is -2.33. The Bertz CT molecular complexity index is 813. The number of nitrogens with zero attached hydrogens (tertiary/aromatic N) is 1. The summed E-state index contributed by atoms with van der Waals surface area (Å²) in [5, 5.41) is 9.26. The second-order valence-electron chi connectivity index (χ2n) is 6.64. The Morgan fingerprint density at radius 2 is 1.81 bits per heavy atom. The maximum Gasteiger partial charge on any atom is 0.251 e. The van der Waals surface area contributed by atoms with Gasteiger partial charge in [-0.05, 0) is 48.7 Å². The number of methoxy groups -OCH3 is 1. The second kappa shape index (κ2) is 15.5. The summed E-state index contributed by atoms with van der Waals surface area (Å²) in [4.78, 5) is 16.4. The topological polar surface area (TPSA) is 84.0 Å². The van der Waals surface area contributed by atoms with Crippen LogP contribution in [0.15, 0.2) is 53.5 Å². The predicted octanol–water partition coefficient (Wildman–Crippen LogP) is 2.99. The Morgan fingerprint density at radius 3 is 2.48 bits per heavy atom. The number of ether oxygens (including phenoxy) is 2. The molecule has 0 saturated heterocycles. The number of halogens is 1. The van der Waals surface area contributed by atoms with Crippen LogP contribution in [0.4, 0.5) is 0 Å². The molecule has 31 heavy (non-hydrogen) atoms. The number of nitrogens with one attached hydrogen (secondary N) is 3. The quantitative estimate of drug-likeness (QED) is 0.177. The average Bonchev–Trinajstić information content (AvgIpc) is 2.78. The molecule has 0 aliphatic heterocycles. The van der Waals surface area contributed by atoms with Crippen LogP contribution in [-0.2, 0) is 17.7 Å². The summed E-state index contributed by atoms with van der Waals surface area (Å²) in [6.07, 6.45) is 0.794. The van der Waals surface area contributed by atoms with Gasteiger partial charge in [0.05, 0.1) is 13.2 Å². The first-order valence-electron chi connectivity index (χ1n) is 10.2. The number of carbonyl (C=O) groups excluding carboxylic acids is 1. The van der Waals surface area contributed by atoms with Crippen LogP contribution >= 0.6 is 24.0 Å². The van der Waals surface area contributed by atoms with E-state index in [9.17, 15) is 4.79 Å². The van der Waals surface area contributed by atoms with E-state index in [0.717, 1.165) is 42.3 Å². The summed E-state index contributed by atoms with van der Waals surface area (Å²) in [5.41, 5.74) is 2.87. The summed E-state index contributed by atoms with van der Waals surface area (Å²) in [5.74, 6) is 1.51. The third-order valence-electron chi connectivity index (χ3n) is 4.37. The molecule has 8 heteroatoms. The lowest BCUT2D eigenvalue weighted by Crippen LogP contribution is -2.38. The zero-order valence-electron chi connectivity index (χ0n) is 18.4. The number of aliphatic imine (C=N–C) groups is 1. The van der Waals surface area contributed by atoms with Crippen LogP contribution in [0.2, 0.25) is 0 Å². The van der Waals surface area contributed by atoms with E-state index in [-0.39, 0.29) is 29.9 Å². The van der Waals surface area contributed by atoms with Gasteiger partial charge in [0.1, 0.15) is 12.4 Å². The lowest BCUT2D eigenvalue weighted by Gasteiger charge is -2.12. The number of guanidine groups is 1. The van der Waals surface area contributed by atoms with Crippen molar-refractivity contribution in [2.24, 2.45) is 4.99 Å². The fraction of sp³-hybridized carbons (Fsp3) is 0.391. The van der Waals surface area contributed by atoms with Gasteiger partial charge in [0.2, 0.25) is 0 Å². The van der Waals surface area contributed by atoms with Gasteiger partial charge in [-0.15, -0.1) is 24.0 Å². The summed E-state index contributed by atoms with van der Waals surface area (Å²) in [6.45, 7) is 5.21. The molecule has 0 radical (unpaired) electrons. The minimum atomic E-state index is -0.0742. The zero-order chi connectivity index (χ0) is 21.6. The molecule has 0 heterocycles. The summed E-state index contributed by atoms with van der Waals surface area (Å²) in [6, 6.07) is 15.6. The maximum atomic E-state index is 11.8. The molecule has 0 bridgehead atoms. The van der Waals surface area contributed by atoms with Crippen LogP contribution in [0.1, 0.15) is 28.4 Å². The van der Waals surface area contributed by atoms with Gasteiger partial charge in [-0.1, -0.05) is 24.3 Å². The van der Waals surface area contributed by atoms with Crippen LogP contribution in [0.3, 0.4) is 0 Å². The highest BCUT2D eigenvalue weighted by molar-refractivity contribution is 14.0. The first kappa shape index (κ1) is 26.7. The molecule has 0 saturated carbocycles. The number of carbonyl (C=O) groups is 1. The van der Waals surface area contributed by atoms with E-state index in [1.807, 2.05) is 55.5 Å². The van der Waals surface area contributed by atoms with E-state index in [1.54, 1.807) is 14.2 Å². The van der Waals surface area contributed by atoms with E-state index < -0.39 is 0 Å². The molecule has 2 rings (SSSR count). The molecule has 0 aliphatic carbocycles. The number of hydrogen-bond donors (Lipinski definition) is 3. The average molecular weight is 540 g/mol. The first-order valence-corrected chi connectivity index (χ1v) is 10.2. The Kier molecular flexibility index (Phi) is 13.3. The van der Waals surface area contributed by atoms with E-state index in [1.165, 1.54) is 0 Å². The van der Waals surface area contributed by atoms with Crippen LogP contribution in [0.5, 0.6) is 5.75 Å². The van der Waals surface area contributed by atoms with Crippen LogP contribution in [-0.4, -0.2) is 52.3 Å². The van der Waals surface area contributed by atoms with Crippen molar-refractivity contribution in [2.75, 3.05) is 40.5 Å². The number of amides is 1. The molecular formula is C23H33IN4O3. The molecule has 2 aromatic carbocycles. The smallest absolute Gasteiger partial charge is 0.251 e. The fourth-order valence-corrected chi connectivity index (χ4v) is 2.78. The fourth-order valence-electron chi connectivity index (χ4n) is 2.78. The highest BCUT2D eigenvalue weighted by Gasteiger charge is 2.04. The van der Waals surface area contributed by atoms with Gasteiger partial charge in [0.15, 0.2) is 5.96 Å². The highest BCUT2D eigenvalue weighted by Crippen LogP contribution is 2.12. The summed E-state index contributed by atoms with van der Waals surface area (Å²) < 4.78 is 10.6. The van der Waals surface area contributed by atoms with Crippen molar-refractivity contribution in [1.82, 2.24) is 16.0 Å². The molecule has 1 amide bonds. The molecule has 0 aliphatic rings. The largest absolute Gasteiger partial charge is 0.491 e. The van der Waals surface area contributed by atoms with Gasteiger partial charge >= 0.3 is 0 Å².